The third kappa shape index (κ3) is 2.43. The summed E-state index contributed by atoms with van der Waals surface area (Å²) in [6.45, 7) is 5.59. The molecule has 1 aromatic carbocycles. The summed E-state index contributed by atoms with van der Waals surface area (Å²) in [5.41, 5.74) is 0.323. The van der Waals surface area contributed by atoms with E-state index in [1.165, 1.54) is 0 Å². The number of nitrogens with one attached hydrogen (secondary N) is 1. The van der Waals surface area contributed by atoms with E-state index in [-0.39, 0.29) is 10.9 Å². The lowest BCUT2D eigenvalue weighted by atomic mass is 10.1. The molecule has 0 aliphatic rings. The predicted octanol–water partition coefficient (Wildman–Crippen LogP) is 1.34. The summed E-state index contributed by atoms with van der Waals surface area (Å²) in [4.78, 5) is 24.5. The minimum absolute atomic E-state index is 0.359. The molecule has 0 aliphatic carbocycles. The number of hydrogen-bond donors (Lipinski definition) is 1. The molecule has 0 unspecified atom stereocenters. The first-order valence-electron chi connectivity index (χ1n) is 5.91. The highest BCUT2D eigenvalue weighted by Crippen LogP contribution is 2.18. The zero-order chi connectivity index (χ0) is 12.1. The van der Waals surface area contributed by atoms with E-state index in [1.807, 2.05) is 18.9 Å². The first-order valence-corrected chi connectivity index (χ1v) is 5.91. The first kappa shape index (κ1) is 12.7. The zero-order valence-corrected chi connectivity index (χ0v) is 10.3. The molecule has 0 bridgehead atoms. The van der Waals surface area contributed by atoms with Crippen molar-refractivity contribution < 1.29 is 0 Å². The smallest absolute Gasteiger partial charge is 0.253 e. The molecule has 4 heteroatoms. The maximum atomic E-state index is 11.4. The van der Waals surface area contributed by atoms with Crippen LogP contribution in [0.1, 0.15) is 33.1 Å². The van der Waals surface area contributed by atoms with Crippen LogP contribution in [0, 0.1) is 0 Å². The molecule has 0 atom stereocenters. The van der Waals surface area contributed by atoms with E-state index in [1.54, 1.807) is 0 Å². The molecule has 1 rings (SSSR count). The van der Waals surface area contributed by atoms with E-state index < -0.39 is 0 Å². The Bertz CT molecular complexity index is 405. The van der Waals surface area contributed by atoms with Crippen LogP contribution in [0.25, 0.3) is 0 Å². The fourth-order valence-corrected chi connectivity index (χ4v) is 1.65. The maximum absolute atomic E-state index is 11.4. The molecule has 0 spiro atoms. The number of rotatable bonds is 7. The van der Waals surface area contributed by atoms with Crippen molar-refractivity contribution in [3.05, 3.63) is 20.4 Å². The van der Waals surface area contributed by atoms with Gasteiger partial charge in [0.25, 0.3) is 10.9 Å². The van der Waals surface area contributed by atoms with Crippen molar-refractivity contribution in [2.75, 3.05) is 30.4 Å². The van der Waals surface area contributed by atoms with Gasteiger partial charge < -0.3 is 10.2 Å². The molecule has 0 heterocycles. The lowest BCUT2D eigenvalue weighted by molar-refractivity contribution is 0.742. The van der Waals surface area contributed by atoms with E-state index in [4.69, 9.17) is 0 Å². The largest absolute Gasteiger partial charge is 0.380 e. The molecule has 0 saturated carbocycles. The Morgan fingerprint density at radius 1 is 1.12 bits per heavy atom. The van der Waals surface area contributed by atoms with Gasteiger partial charge in [-0.2, -0.15) is 0 Å². The SMILES string of the molecule is CCCCCNc1c(N(C)CC)c(=O)c1=O. The van der Waals surface area contributed by atoms with Crippen molar-refractivity contribution in [1.29, 1.82) is 0 Å². The normalized spacial score (nSPS) is 10.7. The van der Waals surface area contributed by atoms with Crippen LogP contribution in [-0.4, -0.2) is 20.1 Å². The van der Waals surface area contributed by atoms with Gasteiger partial charge in [-0.25, -0.2) is 0 Å². The van der Waals surface area contributed by atoms with Crippen molar-refractivity contribution in [2.24, 2.45) is 0 Å². The third-order valence-electron chi connectivity index (χ3n) is 2.82. The van der Waals surface area contributed by atoms with Crippen molar-refractivity contribution in [3.8, 4) is 0 Å². The summed E-state index contributed by atoms with van der Waals surface area (Å²) in [6, 6.07) is 0. The molecular weight excluding hydrogens is 204 g/mol. The summed E-state index contributed by atoms with van der Waals surface area (Å²) in [5, 5.41) is 3.07. The Hall–Kier alpha value is -1.32. The number of anilines is 2. The summed E-state index contributed by atoms with van der Waals surface area (Å²) in [6.07, 6.45) is 3.32. The quantitative estimate of drug-likeness (QED) is 0.561. The van der Waals surface area contributed by atoms with Crippen LogP contribution in [0.4, 0.5) is 11.4 Å². The van der Waals surface area contributed by atoms with Crippen LogP contribution in [0.15, 0.2) is 9.59 Å². The predicted molar refractivity (Wildman–Crippen MR) is 68.3 cm³/mol. The molecule has 0 amide bonds. The molecule has 0 radical (unpaired) electrons. The lowest BCUT2D eigenvalue weighted by Crippen LogP contribution is -2.41. The van der Waals surface area contributed by atoms with Crippen LogP contribution in [0.5, 0.6) is 0 Å². The van der Waals surface area contributed by atoms with Crippen molar-refractivity contribution in [1.82, 2.24) is 0 Å². The highest BCUT2D eigenvalue weighted by Gasteiger charge is 2.22. The van der Waals surface area contributed by atoms with Crippen LogP contribution in [-0.2, 0) is 0 Å². The molecule has 0 aliphatic heterocycles. The molecular formula is C12H20N2O2. The Morgan fingerprint density at radius 3 is 2.38 bits per heavy atom. The fraction of sp³-hybridized carbons (Fsp3) is 0.667. The summed E-state index contributed by atoms with van der Waals surface area (Å²) >= 11 is 0. The molecule has 0 fully saturated rings. The van der Waals surface area contributed by atoms with Gasteiger partial charge in [-0.05, 0) is 13.3 Å². The minimum atomic E-state index is -0.369. The lowest BCUT2D eigenvalue weighted by Gasteiger charge is -2.21. The molecule has 1 aromatic rings. The van der Waals surface area contributed by atoms with Gasteiger partial charge in [-0.3, -0.25) is 9.59 Å². The van der Waals surface area contributed by atoms with Gasteiger partial charge in [0.15, 0.2) is 0 Å². The number of hydrogen-bond acceptors (Lipinski definition) is 4. The van der Waals surface area contributed by atoms with E-state index in [2.05, 4.69) is 12.2 Å². The van der Waals surface area contributed by atoms with Crippen molar-refractivity contribution in [3.63, 3.8) is 0 Å². The van der Waals surface area contributed by atoms with Gasteiger partial charge in [0.1, 0.15) is 11.4 Å². The van der Waals surface area contributed by atoms with Gasteiger partial charge in [-0.15, -0.1) is 0 Å². The molecule has 16 heavy (non-hydrogen) atoms. The average Bonchev–Trinajstić information content (AvgIpc) is 2.31. The molecule has 90 valence electrons. The minimum Gasteiger partial charge on any atom is -0.380 e. The van der Waals surface area contributed by atoms with Crippen LogP contribution >= 0.6 is 0 Å². The Balaban J connectivity index is 2.63. The molecule has 4 nitrogen and oxygen atoms in total. The number of nitrogens with zero attached hydrogens (tertiary/aromatic N) is 1. The highest BCUT2D eigenvalue weighted by atomic mass is 16.2. The Labute approximate surface area is 96.0 Å². The summed E-state index contributed by atoms with van der Waals surface area (Å²) in [7, 11) is 1.83. The van der Waals surface area contributed by atoms with Gasteiger partial charge in [0.05, 0.1) is 0 Å². The molecule has 1 N–H and O–H groups in total. The van der Waals surface area contributed by atoms with Gasteiger partial charge in [-0.1, -0.05) is 19.8 Å². The van der Waals surface area contributed by atoms with E-state index in [0.29, 0.717) is 11.4 Å². The van der Waals surface area contributed by atoms with Crippen LogP contribution in [0.3, 0.4) is 0 Å². The second-order valence-electron chi connectivity index (χ2n) is 4.03. The van der Waals surface area contributed by atoms with E-state index in [9.17, 15) is 9.59 Å². The molecule has 0 saturated heterocycles. The van der Waals surface area contributed by atoms with Crippen LogP contribution < -0.4 is 21.1 Å². The second-order valence-corrected chi connectivity index (χ2v) is 4.03. The number of unbranched alkanes of at least 4 members (excludes halogenated alkanes) is 2. The van der Waals surface area contributed by atoms with Gasteiger partial charge >= 0.3 is 0 Å². The Morgan fingerprint density at radius 2 is 1.81 bits per heavy atom. The Kier molecular flexibility index (Phi) is 4.52. The second kappa shape index (κ2) is 5.68. The molecule has 0 aromatic heterocycles. The van der Waals surface area contributed by atoms with Crippen LogP contribution in [0.2, 0.25) is 0 Å². The topological polar surface area (TPSA) is 49.4 Å². The third-order valence-corrected chi connectivity index (χ3v) is 2.82. The van der Waals surface area contributed by atoms with Crippen molar-refractivity contribution >= 4 is 11.4 Å². The monoisotopic (exact) mass is 224 g/mol. The van der Waals surface area contributed by atoms with E-state index >= 15 is 0 Å². The standard InChI is InChI=1S/C12H20N2O2/c1-4-6-7-8-13-9-10(14(3)5-2)12(16)11(9)15/h13H,4-8H2,1-3H3. The zero-order valence-electron chi connectivity index (χ0n) is 10.3. The first-order chi connectivity index (χ1) is 7.63. The van der Waals surface area contributed by atoms with Gasteiger partial charge in [0, 0.05) is 20.1 Å². The van der Waals surface area contributed by atoms with Gasteiger partial charge in [0.2, 0.25) is 0 Å². The fourth-order valence-electron chi connectivity index (χ4n) is 1.65. The highest BCUT2D eigenvalue weighted by molar-refractivity contribution is 5.74. The van der Waals surface area contributed by atoms with E-state index in [0.717, 1.165) is 32.4 Å². The average molecular weight is 224 g/mol. The maximum Gasteiger partial charge on any atom is 0.253 e. The summed E-state index contributed by atoms with van der Waals surface area (Å²) in [5.74, 6) is 0. The van der Waals surface area contributed by atoms with Crippen molar-refractivity contribution in [2.45, 2.75) is 33.1 Å². The summed E-state index contributed by atoms with van der Waals surface area (Å²) < 4.78 is 0.